The van der Waals surface area contributed by atoms with Crippen LogP contribution < -0.4 is 4.52 Å². The fraction of sp³-hybridized carbons (Fsp3) is 0.533. The number of hydrogen-bond donors (Lipinski definition) is 2. The van der Waals surface area contributed by atoms with Crippen LogP contribution in [0.4, 0.5) is 0 Å². The highest BCUT2D eigenvalue weighted by Gasteiger charge is 2.43. The molecule has 2 atom stereocenters. The first kappa shape index (κ1) is 15.5. The van der Waals surface area contributed by atoms with Gasteiger partial charge >= 0.3 is 7.82 Å². The largest absolute Gasteiger partial charge is 0.524 e. The molecule has 1 aromatic rings. The molecule has 0 spiro atoms. The number of carbonyl (C=O) groups excluding carboxylic acids is 1. The van der Waals surface area contributed by atoms with Gasteiger partial charge in [0.15, 0.2) is 0 Å². The van der Waals surface area contributed by atoms with Gasteiger partial charge in [-0.05, 0) is 42.0 Å². The minimum atomic E-state index is -4.54. The van der Waals surface area contributed by atoms with Gasteiger partial charge < -0.3 is 9.42 Å². The summed E-state index contributed by atoms with van der Waals surface area (Å²) in [7, 11) is -4.54. The van der Waals surface area contributed by atoms with Crippen LogP contribution in [0.3, 0.4) is 0 Å². The molecule has 0 aromatic heterocycles. The summed E-state index contributed by atoms with van der Waals surface area (Å²) in [6.45, 7) is 5.18. The smallest absolute Gasteiger partial charge is 0.404 e. The number of carbonyl (C=O) groups is 1. The fourth-order valence-electron chi connectivity index (χ4n) is 3.97. The van der Waals surface area contributed by atoms with Gasteiger partial charge in [-0.1, -0.05) is 13.0 Å². The molecule has 0 saturated carbocycles. The van der Waals surface area contributed by atoms with Crippen LogP contribution >= 0.6 is 7.82 Å². The molecule has 6 nitrogen and oxygen atoms in total. The van der Waals surface area contributed by atoms with Crippen LogP contribution in [0.25, 0.3) is 0 Å². The molecule has 0 unspecified atom stereocenters. The van der Waals surface area contributed by atoms with E-state index in [1.807, 2.05) is 11.0 Å². The summed E-state index contributed by atoms with van der Waals surface area (Å²) in [6, 6.07) is 5.19. The Morgan fingerprint density at radius 2 is 2.18 bits per heavy atom. The zero-order valence-electron chi connectivity index (χ0n) is 12.7. The van der Waals surface area contributed by atoms with Crippen molar-refractivity contribution in [1.82, 2.24) is 4.90 Å². The summed E-state index contributed by atoms with van der Waals surface area (Å²) >= 11 is 0. The normalized spacial score (nSPS) is 27.3. The molecule has 22 heavy (non-hydrogen) atoms. The number of phosphoric acid groups is 1. The van der Waals surface area contributed by atoms with E-state index in [9.17, 15) is 9.36 Å². The van der Waals surface area contributed by atoms with Crippen molar-refractivity contribution in [1.29, 1.82) is 0 Å². The van der Waals surface area contributed by atoms with E-state index in [0.29, 0.717) is 12.5 Å². The zero-order valence-corrected chi connectivity index (χ0v) is 13.5. The molecule has 3 rings (SSSR count). The number of rotatable bonds is 2. The summed E-state index contributed by atoms with van der Waals surface area (Å²) < 4.78 is 15.7. The SMILES string of the molecule is CC(=O)N1C[C@H]2Cc3cc(OP(=O)(O)O)ccc3[C@](C)(C2)C1. The highest BCUT2D eigenvalue weighted by Crippen LogP contribution is 2.46. The molecule has 120 valence electrons. The van der Waals surface area contributed by atoms with E-state index in [1.54, 1.807) is 19.1 Å². The maximum Gasteiger partial charge on any atom is 0.524 e. The van der Waals surface area contributed by atoms with Crippen LogP contribution in [0, 0.1) is 5.92 Å². The molecule has 1 aromatic carbocycles. The van der Waals surface area contributed by atoms with Crippen LogP contribution in [0.2, 0.25) is 0 Å². The highest BCUT2D eigenvalue weighted by atomic mass is 31.2. The van der Waals surface area contributed by atoms with Gasteiger partial charge in [0.25, 0.3) is 0 Å². The van der Waals surface area contributed by atoms with Crippen LogP contribution in [-0.4, -0.2) is 33.7 Å². The molecular weight excluding hydrogens is 305 g/mol. The summed E-state index contributed by atoms with van der Waals surface area (Å²) in [5.74, 6) is 0.667. The molecule has 2 bridgehead atoms. The average Bonchev–Trinajstić information content (AvgIpc) is 2.35. The summed E-state index contributed by atoms with van der Waals surface area (Å²) in [5.41, 5.74) is 2.10. The Morgan fingerprint density at radius 3 is 2.82 bits per heavy atom. The topological polar surface area (TPSA) is 87.1 Å². The van der Waals surface area contributed by atoms with Gasteiger partial charge in [-0.2, -0.15) is 0 Å². The Balaban J connectivity index is 1.95. The summed E-state index contributed by atoms with van der Waals surface area (Å²) in [4.78, 5) is 31.5. The zero-order chi connectivity index (χ0) is 16.1. The van der Waals surface area contributed by atoms with E-state index >= 15 is 0 Å². The maximum absolute atomic E-state index is 11.7. The van der Waals surface area contributed by atoms with E-state index in [-0.39, 0.29) is 17.1 Å². The van der Waals surface area contributed by atoms with Crippen molar-refractivity contribution in [2.45, 2.75) is 32.1 Å². The van der Waals surface area contributed by atoms with E-state index in [0.717, 1.165) is 30.5 Å². The lowest BCUT2D eigenvalue weighted by atomic mass is 9.64. The molecule has 0 radical (unpaired) electrons. The Morgan fingerprint density at radius 1 is 1.45 bits per heavy atom. The van der Waals surface area contributed by atoms with Gasteiger partial charge in [0.1, 0.15) is 5.75 Å². The Hall–Kier alpha value is -1.36. The first-order chi connectivity index (χ1) is 10.2. The molecule has 1 fully saturated rings. The fourth-order valence-corrected chi connectivity index (χ4v) is 4.36. The second-order valence-corrected chi connectivity index (χ2v) is 7.80. The number of hydrogen-bond acceptors (Lipinski definition) is 3. The van der Waals surface area contributed by atoms with Gasteiger partial charge in [0.05, 0.1) is 0 Å². The van der Waals surface area contributed by atoms with Crippen molar-refractivity contribution in [3.63, 3.8) is 0 Å². The van der Waals surface area contributed by atoms with Crippen LogP contribution in [0.5, 0.6) is 5.75 Å². The third kappa shape index (κ3) is 2.91. The predicted octanol–water partition coefficient (Wildman–Crippen LogP) is 1.84. The number of likely N-dealkylation sites (tertiary alicyclic amines) is 1. The second kappa shape index (κ2) is 5.08. The van der Waals surface area contributed by atoms with Crippen molar-refractivity contribution in [2.24, 2.45) is 5.92 Å². The van der Waals surface area contributed by atoms with Gasteiger partial charge in [0.2, 0.25) is 5.91 Å². The standard InChI is InChI=1S/C15H20NO5P/c1-10(17)16-8-11-5-12-6-13(21-22(18,19)20)3-4-14(12)15(2,7-11)9-16/h3-4,6,11H,5,7-9H2,1-2H3,(H2,18,19,20)/t11-,15+/m0/s1. The molecule has 1 heterocycles. The number of piperidine rings is 1. The summed E-state index contributed by atoms with van der Waals surface area (Å²) in [5, 5.41) is 0. The molecule has 1 amide bonds. The third-order valence-corrected chi connectivity index (χ3v) is 5.11. The van der Waals surface area contributed by atoms with Gasteiger partial charge in [-0.25, -0.2) is 4.57 Å². The van der Waals surface area contributed by atoms with Crippen molar-refractivity contribution in [3.05, 3.63) is 29.3 Å². The quantitative estimate of drug-likeness (QED) is 0.810. The summed E-state index contributed by atoms with van der Waals surface area (Å²) in [6.07, 6.45) is 1.83. The Kier molecular flexibility index (Phi) is 3.59. The number of nitrogens with zero attached hydrogens (tertiary/aromatic N) is 1. The van der Waals surface area contributed by atoms with Gasteiger partial charge in [0, 0.05) is 25.4 Å². The number of fused-ring (bicyclic) bond motifs is 4. The molecule has 2 N–H and O–H groups in total. The molecular formula is C15H20NO5P. The molecule has 1 aliphatic carbocycles. The predicted molar refractivity (Wildman–Crippen MR) is 80.5 cm³/mol. The number of phosphoric ester groups is 1. The lowest BCUT2D eigenvalue weighted by Crippen LogP contribution is -2.53. The molecule has 1 saturated heterocycles. The minimum Gasteiger partial charge on any atom is -0.404 e. The first-order valence-corrected chi connectivity index (χ1v) is 8.83. The van der Waals surface area contributed by atoms with E-state index in [2.05, 4.69) is 11.4 Å². The molecule has 2 aliphatic rings. The Bertz CT molecular complexity index is 670. The lowest BCUT2D eigenvalue weighted by molar-refractivity contribution is -0.132. The number of benzene rings is 1. The number of amides is 1. The maximum atomic E-state index is 11.7. The van der Waals surface area contributed by atoms with Crippen LogP contribution in [-0.2, 0) is 21.2 Å². The van der Waals surface area contributed by atoms with Crippen LogP contribution in [0.1, 0.15) is 31.4 Å². The van der Waals surface area contributed by atoms with E-state index < -0.39 is 7.82 Å². The van der Waals surface area contributed by atoms with Crippen molar-refractivity contribution < 1.29 is 23.7 Å². The van der Waals surface area contributed by atoms with E-state index in [4.69, 9.17) is 9.79 Å². The van der Waals surface area contributed by atoms with E-state index in [1.165, 1.54) is 0 Å². The van der Waals surface area contributed by atoms with Crippen molar-refractivity contribution >= 4 is 13.7 Å². The van der Waals surface area contributed by atoms with Crippen LogP contribution in [0.15, 0.2) is 18.2 Å². The molecule has 7 heteroatoms. The van der Waals surface area contributed by atoms with Crippen molar-refractivity contribution in [3.8, 4) is 5.75 Å². The Labute approximate surface area is 129 Å². The molecule has 1 aliphatic heterocycles. The second-order valence-electron chi connectivity index (χ2n) is 6.64. The van der Waals surface area contributed by atoms with Gasteiger partial charge in [-0.3, -0.25) is 14.6 Å². The highest BCUT2D eigenvalue weighted by molar-refractivity contribution is 7.46. The monoisotopic (exact) mass is 325 g/mol. The van der Waals surface area contributed by atoms with Gasteiger partial charge in [-0.15, -0.1) is 0 Å². The minimum absolute atomic E-state index is 0.0980. The lowest BCUT2D eigenvalue weighted by Gasteiger charge is -2.49. The van der Waals surface area contributed by atoms with Crippen molar-refractivity contribution in [2.75, 3.05) is 13.1 Å². The third-order valence-electron chi connectivity index (χ3n) is 4.66. The average molecular weight is 325 g/mol. The first-order valence-electron chi connectivity index (χ1n) is 7.30.